The molecule has 7 heteroatoms. The number of carbonyl (C=O) groups is 2. The molecule has 0 spiro atoms. The van der Waals surface area contributed by atoms with E-state index in [1.807, 2.05) is 31.2 Å². The first kappa shape index (κ1) is 18.8. The van der Waals surface area contributed by atoms with Crippen molar-refractivity contribution >= 4 is 23.5 Å². The van der Waals surface area contributed by atoms with Crippen LogP contribution in [0.15, 0.2) is 46.0 Å². The van der Waals surface area contributed by atoms with Gasteiger partial charge in [-0.25, -0.2) is 9.79 Å². The van der Waals surface area contributed by atoms with Crippen molar-refractivity contribution in [3.63, 3.8) is 0 Å². The number of aliphatic imine (C=N–C) groups is 2. The van der Waals surface area contributed by atoms with Crippen LogP contribution in [0, 0.1) is 5.92 Å². The zero-order valence-corrected chi connectivity index (χ0v) is 16.1. The first-order valence-electron chi connectivity index (χ1n) is 8.97. The highest BCUT2D eigenvalue weighted by atomic mass is 16.5. The Hall–Kier alpha value is -2.96. The Labute approximate surface area is 159 Å². The molecule has 27 heavy (non-hydrogen) atoms. The number of methoxy groups -OCH3 is 1. The summed E-state index contributed by atoms with van der Waals surface area (Å²) < 4.78 is 5.17. The first-order valence-corrected chi connectivity index (χ1v) is 8.97. The van der Waals surface area contributed by atoms with Gasteiger partial charge in [0.05, 0.1) is 12.8 Å². The van der Waals surface area contributed by atoms with Crippen LogP contribution in [-0.2, 0) is 11.2 Å². The lowest BCUT2D eigenvalue weighted by molar-refractivity contribution is -0.128. The van der Waals surface area contributed by atoms with Gasteiger partial charge < -0.3 is 4.74 Å². The summed E-state index contributed by atoms with van der Waals surface area (Å²) >= 11 is 0. The average Bonchev–Trinajstić information content (AvgIpc) is 2.70. The number of amidine groups is 1. The molecule has 142 valence electrons. The molecule has 1 unspecified atom stereocenters. The molecule has 0 N–H and O–H groups in total. The van der Waals surface area contributed by atoms with Crippen molar-refractivity contribution in [3.8, 4) is 5.75 Å². The van der Waals surface area contributed by atoms with Gasteiger partial charge in [-0.2, -0.15) is 0 Å². The van der Waals surface area contributed by atoms with Gasteiger partial charge in [0.25, 0.3) is 0 Å². The quantitative estimate of drug-likeness (QED) is 0.801. The summed E-state index contributed by atoms with van der Waals surface area (Å²) in [5.74, 6) is 0.369. The number of nitrogens with zero attached hydrogens (tertiary/aromatic N) is 4. The fraction of sp³-hybridized carbons (Fsp3) is 0.400. The smallest absolute Gasteiger partial charge is 0.331 e. The van der Waals surface area contributed by atoms with E-state index in [-0.39, 0.29) is 11.9 Å². The van der Waals surface area contributed by atoms with Crippen LogP contribution in [-0.4, -0.2) is 61.0 Å². The second kappa shape index (κ2) is 7.73. The molecule has 2 aliphatic rings. The highest BCUT2D eigenvalue weighted by Crippen LogP contribution is 2.26. The maximum absolute atomic E-state index is 12.8. The Bertz CT molecular complexity index is 839. The molecule has 1 saturated heterocycles. The van der Waals surface area contributed by atoms with Gasteiger partial charge in [-0.3, -0.25) is 19.6 Å². The van der Waals surface area contributed by atoms with Crippen molar-refractivity contribution in [2.45, 2.75) is 19.8 Å². The molecule has 2 heterocycles. The monoisotopic (exact) mass is 368 g/mol. The second-order valence-electron chi connectivity index (χ2n) is 6.53. The normalized spacial score (nSPS) is 21.2. The van der Waals surface area contributed by atoms with Crippen LogP contribution in [0.1, 0.15) is 18.9 Å². The van der Waals surface area contributed by atoms with Crippen LogP contribution in [0.25, 0.3) is 0 Å². The summed E-state index contributed by atoms with van der Waals surface area (Å²) in [6, 6.07) is 7.49. The summed E-state index contributed by atoms with van der Waals surface area (Å²) in [7, 11) is 4.77. The molecule has 0 saturated carbocycles. The Kier molecular flexibility index (Phi) is 5.39. The number of urea groups is 1. The van der Waals surface area contributed by atoms with Crippen molar-refractivity contribution in [2.75, 3.05) is 27.7 Å². The third kappa shape index (κ3) is 3.49. The minimum atomic E-state index is -0.617. The molecule has 1 atom stereocenters. The van der Waals surface area contributed by atoms with E-state index in [9.17, 15) is 9.59 Å². The van der Waals surface area contributed by atoms with E-state index >= 15 is 0 Å². The van der Waals surface area contributed by atoms with Gasteiger partial charge in [0, 0.05) is 26.8 Å². The second-order valence-corrected chi connectivity index (χ2v) is 6.53. The Morgan fingerprint density at radius 3 is 2.48 bits per heavy atom. The van der Waals surface area contributed by atoms with E-state index in [1.54, 1.807) is 20.4 Å². The number of benzene rings is 1. The molecule has 1 aromatic rings. The Morgan fingerprint density at radius 2 is 1.85 bits per heavy atom. The van der Waals surface area contributed by atoms with E-state index in [0.29, 0.717) is 18.1 Å². The molecule has 1 aromatic carbocycles. The maximum atomic E-state index is 12.8. The van der Waals surface area contributed by atoms with Crippen molar-refractivity contribution < 1.29 is 14.3 Å². The number of rotatable bonds is 5. The predicted molar refractivity (Wildman–Crippen MR) is 104 cm³/mol. The highest BCUT2D eigenvalue weighted by Gasteiger charge is 2.45. The molecule has 3 rings (SSSR count). The summed E-state index contributed by atoms with van der Waals surface area (Å²) in [5, 5.41) is 0. The summed E-state index contributed by atoms with van der Waals surface area (Å²) in [6.45, 7) is 2.56. The van der Waals surface area contributed by atoms with Gasteiger partial charge in [0.2, 0.25) is 5.91 Å². The molecule has 3 amide bonds. The minimum absolute atomic E-state index is 0.279. The topological polar surface area (TPSA) is 74.6 Å². The maximum Gasteiger partial charge on any atom is 0.331 e. The summed E-state index contributed by atoms with van der Waals surface area (Å²) in [4.78, 5) is 36.6. The lowest BCUT2D eigenvalue weighted by Gasteiger charge is -2.37. The van der Waals surface area contributed by atoms with E-state index in [2.05, 4.69) is 4.99 Å². The van der Waals surface area contributed by atoms with Gasteiger partial charge in [0.1, 0.15) is 17.5 Å². The molecule has 1 fully saturated rings. The average molecular weight is 368 g/mol. The third-order valence-electron chi connectivity index (χ3n) is 4.93. The summed E-state index contributed by atoms with van der Waals surface area (Å²) in [6.07, 6.45) is 3.20. The molecule has 0 radical (unpaired) electrons. The third-order valence-corrected chi connectivity index (χ3v) is 4.93. The molecule has 7 nitrogen and oxygen atoms in total. The van der Waals surface area contributed by atoms with Gasteiger partial charge in [-0.1, -0.05) is 19.1 Å². The number of hydrogen-bond donors (Lipinski definition) is 0. The number of fused-ring (bicyclic) bond motifs is 1. The number of hydrogen-bond acceptors (Lipinski definition) is 5. The first-order chi connectivity index (χ1) is 13.0. The minimum Gasteiger partial charge on any atom is -0.497 e. The Morgan fingerprint density at radius 1 is 1.15 bits per heavy atom. The fourth-order valence-corrected chi connectivity index (χ4v) is 3.27. The number of allylic oxidation sites excluding steroid dienone is 1. The van der Waals surface area contributed by atoms with E-state index < -0.39 is 5.92 Å². The van der Waals surface area contributed by atoms with E-state index in [4.69, 9.17) is 9.73 Å². The van der Waals surface area contributed by atoms with Crippen LogP contribution < -0.4 is 4.74 Å². The lowest BCUT2D eigenvalue weighted by atomic mass is 9.89. The zero-order valence-electron chi connectivity index (χ0n) is 16.1. The van der Waals surface area contributed by atoms with Gasteiger partial charge in [-0.05, 0) is 36.1 Å². The predicted octanol–water partition coefficient (Wildman–Crippen LogP) is 2.52. The van der Waals surface area contributed by atoms with Crippen LogP contribution in [0.4, 0.5) is 4.79 Å². The van der Waals surface area contributed by atoms with Gasteiger partial charge >= 0.3 is 6.03 Å². The molecule has 2 aliphatic heterocycles. The molecule has 0 aliphatic carbocycles. The van der Waals surface area contributed by atoms with Crippen molar-refractivity contribution in [2.24, 2.45) is 15.9 Å². The van der Waals surface area contributed by atoms with Crippen LogP contribution in [0.3, 0.4) is 0 Å². The molecule has 0 bridgehead atoms. The molecule has 0 aromatic heterocycles. The van der Waals surface area contributed by atoms with E-state index in [0.717, 1.165) is 34.6 Å². The largest absolute Gasteiger partial charge is 0.497 e. The van der Waals surface area contributed by atoms with E-state index in [1.165, 1.54) is 11.9 Å². The SMILES string of the molecule is CCC1=CN=C2C(C(=O)N(C)C(=O)N2C)C1=NCCc1ccc(OC)cc1. The zero-order chi connectivity index (χ0) is 19.6. The van der Waals surface area contributed by atoms with Gasteiger partial charge in [-0.15, -0.1) is 0 Å². The standard InChI is InChI=1S/C20H24N4O3/c1-5-14-12-22-18-16(19(25)24(3)20(26)23(18)2)17(14)21-11-10-13-6-8-15(27-4)9-7-13/h6-9,12,16H,5,10-11H2,1-4H3. The summed E-state index contributed by atoms with van der Waals surface area (Å²) in [5.41, 5.74) is 2.79. The number of ether oxygens (including phenoxy) is 1. The Balaban J connectivity index is 1.84. The molecular formula is C20H24N4O3. The van der Waals surface area contributed by atoms with Gasteiger partial charge in [0.15, 0.2) is 0 Å². The number of imide groups is 1. The highest BCUT2D eigenvalue weighted by molar-refractivity contribution is 6.33. The van der Waals surface area contributed by atoms with Crippen LogP contribution >= 0.6 is 0 Å². The number of amides is 3. The fourth-order valence-electron chi connectivity index (χ4n) is 3.27. The van der Waals surface area contributed by atoms with Crippen molar-refractivity contribution in [1.82, 2.24) is 9.80 Å². The van der Waals surface area contributed by atoms with Crippen LogP contribution in [0.5, 0.6) is 5.75 Å². The molecular weight excluding hydrogens is 344 g/mol. The van der Waals surface area contributed by atoms with Crippen molar-refractivity contribution in [3.05, 3.63) is 41.6 Å². The van der Waals surface area contributed by atoms with Crippen LogP contribution in [0.2, 0.25) is 0 Å². The number of carbonyl (C=O) groups excluding carboxylic acids is 2. The van der Waals surface area contributed by atoms with Crippen molar-refractivity contribution in [1.29, 1.82) is 0 Å². The lowest BCUT2D eigenvalue weighted by Crippen LogP contribution is -2.59.